The molecule has 15 heavy (non-hydrogen) atoms. The topological polar surface area (TPSA) is 63.8 Å². The predicted octanol–water partition coefficient (Wildman–Crippen LogP) is 0.818. The molecule has 1 fully saturated rings. The average molecular weight is 202 g/mol. The molecule has 2 aromatic rings. The SMILES string of the molecule is c1cc(-c2noc(C3CNC3)n2)ccn1. The highest BCUT2D eigenvalue weighted by Gasteiger charge is 2.25. The van der Waals surface area contributed by atoms with Crippen LogP contribution in [0.15, 0.2) is 29.0 Å². The molecule has 0 atom stereocenters. The van der Waals surface area contributed by atoms with E-state index in [1.807, 2.05) is 12.1 Å². The molecule has 3 rings (SSSR count). The molecule has 0 unspecified atom stereocenters. The van der Waals surface area contributed by atoms with Crippen molar-refractivity contribution in [1.82, 2.24) is 20.4 Å². The van der Waals surface area contributed by atoms with E-state index in [0.717, 1.165) is 24.5 Å². The van der Waals surface area contributed by atoms with E-state index in [0.29, 0.717) is 11.7 Å². The number of rotatable bonds is 2. The van der Waals surface area contributed by atoms with Gasteiger partial charge in [0, 0.05) is 31.0 Å². The lowest BCUT2D eigenvalue weighted by Gasteiger charge is -2.22. The Morgan fingerprint density at radius 3 is 2.73 bits per heavy atom. The third kappa shape index (κ3) is 1.50. The maximum atomic E-state index is 5.20. The van der Waals surface area contributed by atoms with E-state index in [1.54, 1.807) is 12.4 Å². The quantitative estimate of drug-likeness (QED) is 0.781. The van der Waals surface area contributed by atoms with Gasteiger partial charge in [0.1, 0.15) is 0 Å². The minimum atomic E-state index is 0.382. The van der Waals surface area contributed by atoms with E-state index in [1.165, 1.54) is 0 Å². The van der Waals surface area contributed by atoms with Crippen molar-refractivity contribution in [1.29, 1.82) is 0 Å². The highest BCUT2D eigenvalue weighted by molar-refractivity contribution is 5.52. The molecule has 3 heterocycles. The van der Waals surface area contributed by atoms with Crippen LogP contribution in [0.3, 0.4) is 0 Å². The highest BCUT2D eigenvalue weighted by Crippen LogP contribution is 2.21. The fourth-order valence-corrected chi connectivity index (χ4v) is 1.48. The Hall–Kier alpha value is -1.75. The minimum absolute atomic E-state index is 0.382. The molecule has 1 aliphatic heterocycles. The van der Waals surface area contributed by atoms with Crippen molar-refractivity contribution in [3.05, 3.63) is 30.4 Å². The molecule has 0 amide bonds. The largest absolute Gasteiger partial charge is 0.339 e. The molecular weight excluding hydrogens is 192 g/mol. The van der Waals surface area contributed by atoms with Gasteiger partial charge in [-0.05, 0) is 12.1 Å². The Morgan fingerprint density at radius 1 is 1.27 bits per heavy atom. The van der Waals surface area contributed by atoms with E-state index < -0.39 is 0 Å². The number of pyridine rings is 1. The third-order valence-corrected chi connectivity index (χ3v) is 2.51. The van der Waals surface area contributed by atoms with Gasteiger partial charge in [0.05, 0.1) is 5.92 Å². The van der Waals surface area contributed by atoms with Crippen LogP contribution in [0.4, 0.5) is 0 Å². The standard InChI is InChI=1S/C10H10N4O/c1-3-11-4-2-7(1)9-13-10(15-14-9)8-5-12-6-8/h1-4,8,12H,5-6H2. The molecule has 0 aromatic carbocycles. The zero-order chi connectivity index (χ0) is 10.1. The fraction of sp³-hybridized carbons (Fsp3) is 0.300. The molecule has 0 aliphatic carbocycles. The van der Waals surface area contributed by atoms with Crippen LogP contribution in [0.2, 0.25) is 0 Å². The van der Waals surface area contributed by atoms with Gasteiger partial charge in [-0.2, -0.15) is 4.98 Å². The van der Waals surface area contributed by atoms with Crippen molar-refractivity contribution in [3.8, 4) is 11.4 Å². The van der Waals surface area contributed by atoms with Crippen LogP contribution in [0.1, 0.15) is 11.8 Å². The monoisotopic (exact) mass is 202 g/mol. The highest BCUT2D eigenvalue weighted by atomic mass is 16.5. The minimum Gasteiger partial charge on any atom is -0.339 e. The van der Waals surface area contributed by atoms with Gasteiger partial charge in [0.2, 0.25) is 11.7 Å². The van der Waals surface area contributed by atoms with E-state index in [2.05, 4.69) is 20.4 Å². The number of nitrogens with one attached hydrogen (secondary N) is 1. The van der Waals surface area contributed by atoms with Crippen molar-refractivity contribution in [2.24, 2.45) is 0 Å². The molecule has 1 N–H and O–H groups in total. The summed E-state index contributed by atoms with van der Waals surface area (Å²) in [5, 5.41) is 7.12. The Kier molecular flexibility index (Phi) is 1.96. The lowest BCUT2D eigenvalue weighted by molar-refractivity contribution is 0.308. The van der Waals surface area contributed by atoms with Crippen LogP contribution in [0.5, 0.6) is 0 Å². The van der Waals surface area contributed by atoms with Gasteiger partial charge in [0.25, 0.3) is 0 Å². The van der Waals surface area contributed by atoms with Crippen molar-refractivity contribution < 1.29 is 4.52 Å². The predicted molar refractivity (Wildman–Crippen MR) is 53.1 cm³/mol. The summed E-state index contributed by atoms with van der Waals surface area (Å²) < 4.78 is 5.20. The number of hydrogen-bond acceptors (Lipinski definition) is 5. The molecule has 2 aromatic heterocycles. The van der Waals surface area contributed by atoms with Crippen LogP contribution in [-0.4, -0.2) is 28.2 Å². The molecule has 1 aliphatic rings. The van der Waals surface area contributed by atoms with Crippen LogP contribution < -0.4 is 5.32 Å². The van der Waals surface area contributed by atoms with Gasteiger partial charge in [-0.1, -0.05) is 5.16 Å². The lowest BCUT2D eigenvalue weighted by Crippen LogP contribution is -2.40. The maximum absolute atomic E-state index is 5.20. The summed E-state index contributed by atoms with van der Waals surface area (Å²) in [6.45, 7) is 1.86. The average Bonchev–Trinajstić information content (AvgIpc) is 2.66. The van der Waals surface area contributed by atoms with Gasteiger partial charge < -0.3 is 9.84 Å². The molecule has 0 spiro atoms. The summed E-state index contributed by atoms with van der Waals surface area (Å²) in [4.78, 5) is 8.30. The fourth-order valence-electron chi connectivity index (χ4n) is 1.48. The Balaban J connectivity index is 1.90. The molecule has 0 radical (unpaired) electrons. The van der Waals surface area contributed by atoms with Crippen molar-refractivity contribution in [2.75, 3.05) is 13.1 Å². The van der Waals surface area contributed by atoms with Crippen molar-refractivity contribution in [2.45, 2.75) is 5.92 Å². The molecule has 0 saturated carbocycles. The maximum Gasteiger partial charge on any atom is 0.232 e. The number of nitrogens with zero attached hydrogens (tertiary/aromatic N) is 3. The zero-order valence-corrected chi connectivity index (χ0v) is 8.05. The summed E-state index contributed by atoms with van der Waals surface area (Å²) in [5.74, 6) is 1.74. The first kappa shape index (κ1) is 8.55. The second kappa shape index (κ2) is 3.43. The zero-order valence-electron chi connectivity index (χ0n) is 8.05. The summed E-state index contributed by atoms with van der Waals surface area (Å²) >= 11 is 0. The lowest BCUT2D eigenvalue weighted by atomic mass is 10.0. The smallest absolute Gasteiger partial charge is 0.232 e. The van der Waals surface area contributed by atoms with Crippen LogP contribution in [-0.2, 0) is 0 Å². The molecule has 76 valence electrons. The van der Waals surface area contributed by atoms with Gasteiger partial charge in [-0.15, -0.1) is 0 Å². The molecule has 5 nitrogen and oxygen atoms in total. The summed E-state index contributed by atoms with van der Waals surface area (Å²) in [6, 6.07) is 3.74. The van der Waals surface area contributed by atoms with Gasteiger partial charge in [-0.25, -0.2) is 0 Å². The summed E-state index contributed by atoms with van der Waals surface area (Å²) in [6.07, 6.45) is 3.44. The number of hydrogen-bond donors (Lipinski definition) is 1. The molecule has 0 bridgehead atoms. The van der Waals surface area contributed by atoms with E-state index >= 15 is 0 Å². The van der Waals surface area contributed by atoms with E-state index in [9.17, 15) is 0 Å². The third-order valence-electron chi connectivity index (χ3n) is 2.51. The van der Waals surface area contributed by atoms with Gasteiger partial charge in [0.15, 0.2) is 0 Å². The first-order valence-electron chi connectivity index (χ1n) is 4.88. The Morgan fingerprint density at radius 2 is 2.07 bits per heavy atom. The van der Waals surface area contributed by atoms with E-state index in [4.69, 9.17) is 4.52 Å². The van der Waals surface area contributed by atoms with Crippen LogP contribution in [0.25, 0.3) is 11.4 Å². The van der Waals surface area contributed by atoms with Gasteiger partial charge >= 0.3 is 0 Å². The van der Waals surface area contributed by atoms with Crippen molar-refractivity contribution >= 4 is 0 Å². The first-order chi connectivity index (χ1) is 7.43. The number of aromatic nitrogens is 3. The van der Waals surface area contributed by atoms with Crippen LogP contribution >= 0.6 is 0 Å². The second-order valence-electron chi connectivity index (χ2n) is 3.55. The Labute approximate surface area is 86.5 Å². The normalized spacial score (nSPS) is 16.3. The van der Waals surface area contributed by atoms with E-state index in [-0.39, 0.29) is 0 Å². The first-order valence-corrected chi connectivity index (χ1v) is 4.88. The second-order valence-corrected chi connectivity index (χ2v) is 3.55. The molecule has 5 heteroatoms. The Bertz CT molecular complexity index is 449. The molecule has 1 saturated heterocycles. The summed E-state index contributed by atoms with van der Waals surface area (Å²) in [7, 11) is 0. The van der Waals surface area contributed by atoms with Gasteiger partial charge in [-0.3, -0.25) is 4.98 Å². The summed E-state index contributed by atoms with van der Waals surface area (Å²) in [5.41, 5.74) is 0.937. The van der Waals surface area contributed by atoms with Crippen molar-refractivity contribution in [3.63, 3.8) is 0 Å². The molecular formula is C10H10N4O. The van der Waals surface area contributed by atoms with Crippen LogP contribution in [0, 0.1) is 0 Å².